The van der Waals surface area contributed by atoms with Gasteiger partial charge in [0, 0.05) is 11.3 Å². The molecule has 0 bridgehead atoms. The molecule has 38 heavy (non-hydrogen) atoms. The van der Waals surface area contributed by atoms with Gasteiger partial charge in [-0.25, -0.2) is 0 Å². The van der Waals surface area contributed by atoms with Crippen LogP contribution in [-0.2, 0) is 0 Å². The quantitative estimate of drug-likeness (QED) is 0.240. The van der Waals surface area contributed by atoms with Gasteiger partial charge < -0.3 is 19.5 Å². The van der Waals surface area contributed by atoms with Crippen LogP contribution in [0.4, 0.5) is 5.69 Å². The molecule has 0 saturated carbocycles. The summed E-state index contributed by atoms with van der Waals surface area (Å²) in [5.41, 5.74) is 3.39. The molecule has 8 nitrogen and oxygen atoms in total. The minimum Gasteiger partial charge on any atom is -0.424 e. The van der Waals surface area contributed by atoms with Crippen LogP contribution < -0.4 is 19.5 Å². The summed E-state index contributed by atoms with van der Waals surface area (Å²) in [5, 5.41) is 2.85. The van der Waals surface area contributed by atoms with E-state index in [1.165, 1.54) is 0 Å². The number of ether oxygens (including phenoxy) is 3. The number of aryl methyl sites for hydroxylation is 2. The molecule has 4 aromatic carbocycles. The molecule has 0 aliphatic carbocycles. The molecule has 0 aliphatic rings. The van der Waals surface area contributed by atoms with Crippen LogP contribution in [0.5, 0.6) is 35.3 Å². The summed E-state index contributed by atoms with van der Waals surface area (Å²) in [6.07, 6.45) is 0. The Hall–Kier alpha value is -5.24. The molecule has 0 atom stereocenters. The van der Waals surface area contributed by atoms with Gasteiger partial charge in [-0.15, -0.1) is 15.0 Å². The predicted molar refractivity (Wildman–Crippen MR) is 143 cm³/mol. The molecule has 1 aromatic heterocycles. The van der Waals surface area contributed by atoms with E-state index in [9.17, 15) is 4.79 Å². The lowest BCUT2D eigenvalue weighted by Crippen LogP contribution is -2.11. The third-order valence-corrected chi connectivity index (χ3v) is 5.39. The lowest BCUT2D eigenvalue weighted by atomic mass is 10.2. The standard InChI is InChI=1S/C30H24N4O4/c1-20-8-14-24(15-9-20)36-28-32-29(37-25-16-10-21(2)11-17-25)34-30(33-28)38-26-18-12-22(13-19-26)27(35)31-23-6-4-3-5-7-23/h3-19H,1-2H3,(H,31,35). The second-order valence-corrected chi connectivity index (χ2v) is 8.46. The van der Waals surface area contributed by atoms with Gasteiger partial charge in [0.05, 0.1) is 0 Å². The molecular formula is C30H24N4O4. The highest BCUT2D eigenvalue weighted by Crippen LogP contribution is 2.27. The average molecular weight is 505 g/mol. The van der Waals surface area contributed by atoms with E-state index >= 15 is 0 Å². The Bertz CT molecular complexity index is 1460. The fourth-order valence-corrected chi connectivity index (χ4v) is 3.39. The number of carbonyl (C=O) groups excluding carboxylic acids is 1. The number of rotatable bonds is 8. The van der Waals surface area contributed by atoms with Gasteiger partial charge in [0.25, 0.3) is 5.91 Å². The molecule has 188 valence electrons. The molecule has 0 unspecified atom stereocenters. The van der Waals surface area contributed by atoms with Gasteiger partial charge in [0.2, 0.25) is 0 Å². The molecule has 1 N–H and O–H groups in total. The normalized spacial score (nSPS) is 10.5. The smallest absolute Gasteiger partial charge is 0.331 e. The Balaban J connectivity index is 1.36. The van der Waals surface area contributed by atoms with Crippen molar-refractivity contribution in [1.82, 2.24) is 15.0 Å². The third-order valence-electron chi connectivity index (χ3n) is 5.39. The van der Waals surface area contributed by atoms with Crippen molar-refractivity contribution in [3.8, 4) is 35.3 Å². The van der Waals surface area contributed by atoms with Gasteiger partial charge in [0.15, 0.2) is 0 Å². The number of anilines is 1. The zero-order valence-electron chi connectivity index (χ0n) is 20.8. The maximum atomic E-state index is 12.5. The molecule has 0 aliphatic heterocycles. The van der Waals surface area contributed by atoms with Gasteiger partial charge in [-0.2, -0.15) is 0 Å². The van der Waals surface area contributed by atoms with Crippen molar-refractivity contribution in [2.75, 3.05) is 5.32 Å². The van der Waals surface area contributed by atoms with E-state index in [1.807, 2.05) is 92.7 Å². The minimum atomic E-state index is -0.231. The van der Waals surface area contributed by atoms with E-state index in [1.54, 1.807) is 24.3 Å². The molecule has 1 amide bonds. The number of hydrogen-bond donors (Lipinski definition) is 1. The molecule has 0 saturated heterocycles. The number of aromatic nitrogens is 3. The Morgan fingerprint density at radius 1 is 0.553 bits per heavy atom. The number of nitrogens with one attached hydrogen (secondary N) is 1. The van der Waals surface area contributed by atoms with Crippen LogP contribution in [0, 0.1) is 13.8 Å². The van der Waals surface area contributed by atoms with Crippen LogP contribution in [0.2, 0.25) is 0 Å². The summed E-state index contributed by atoms with van der Waals surface area (Å²) in [6, 6.07) is 30.8. The van der Waals surface area contributed by atoms with E-state index in [0.29, 0.717) is 28.5 Å². The Kier molecular flexibility index (Phi) is 7.22. The van der Waals surface area contributed by atoms with Crippen LogP contribution in [-0.4, -0.2) is 20.9 Å². The number of hydrogen-bond acceptors (Lipinski definition) is 7. The van der Waals surface area contributed by atoms with Gasteiger partial charge >= 0.3 is 18.0 Å². The number of carbonyl (C=O) groups is 1. The number of nitrogens with zero attached hydrogens (tertiary/aromatic N) is 3. The second kappa shape index (κ2) is 11.2. The lowest BCUT2D eigenvalue weighted by molar-refractivity contribution is 0.102. The molecule has 1 heterocycles. The van der Waals surface area contributed by atoms with Crippen LogP contribution in [0.3, 0.4) is 0 Å². The Morgan fingerprint density at radius 3 is 1.37 bits per heavy atom. The SMILES string of the molecule is Cc1ccc(Oc2nc(Oc3ccc(C)cc3)nc(Oc3ccc(C(=O)Nc4ccccc4)cc3)n2)cc1. The first-order valence-corrected chi connectivity index (χ1v) is 11.9. The van der Waals surface area contributed by atoms with Crippen molar-refractivity contribution in [2.24, 2.45) is 0 Å². The molecule has 5 rings (SSSR count). The lowest BCUT2D eigenvalue weighted by Gasteiger charge is -2.10. The second-order valence-electron chi connectivity index (χ2n) is 8.46. The van der Waals surface area contributed by atoms with Crippen LogP contribution >= 0.6 is 0 Å². The van der Waals surface area contributed by atoms with Crippen LogP contribution in [0.25, 0.3) is 0 Å². The highest BCUT2D eigenvalue weighted by molar-refractivity contribution is 6.04. The zero-order valence-corrected chi connectivity index (χ0v) is 20.8. The summed E-state index contributed by atoms with van der Waals surface area (Å²) in [5.74, 6) is 1.31. The third kappa shape index (κ3) is 6.50. The van der Waals surface area contributed by atoms with Crippen molar-refractivity contribution in [1.29, 1.82) is 0 Å². The van der Waals surface area contributed by atoms with E-state index in [4.69, 9.17) is 14.2 Å². The maximum absolute atomic E-state index is 12.5. The van der Waals surface area contributed by atoms with Crippen molar-refractivity contribution in [3.05, 3.63) is 120 Å². The molecule has 5 aromatic rings. The first-order chi connectivity index (χ1) is 18.5. The van der Waals surface area contributed by atoms with Gasteiger partial charge in [-0.05, 0) is 74.5 Å². The Morgan fingerprint density at radius 2 is 0.947 bits per heavy atom. The monoisotopic (exact) mass is 504 g/mol. The van der Waals surface area contributed by atoms with E-state index in [0.717, 1.165) is 11.1 Å². The van der Waals surface area contributed by atoms with Crippen molar-refractivity contribution >= 4 is 11.6 Å². The maximum Gasteiger partial charge on any atom is 0.331 e. The van der Waals surface area contributed by atoms with E-state index in [-0.39, 0.29) is 23.9 Å². The van der Waals surface area contributed by atoms with Crippen LogP contribution in [0.1, 0.15) is 21.5 Å². The van der Waals surface area contributed by atoms with E-state index < -0.39 is 0 Å². The van der Waals surface area contributed by atoms with Gasteiger partial charge in [-0.1, -0.05) is 53.6 Å². The van der Waals surface area contributed by atoms with Crippen molar-refractivity contribution in [2.45, 2.75) is 13.8 Å². The largest absolute Gasteiger partial charge is 0.424 e. The Labute approximate surface area is 219 Å². The molecular weight excluding hydrogens is 480 g/mol. The topological polar surface area (TPSA) is 95.5 Å². The van der Waals surface area contributed by atoms with Gasteiger partial charge in [0.1, 0.15) is 17.2 Å². The number of amides is 1. The highest BCUT2D eigenvalue weighted by atomic mass is 16.5. The summed E-state index contributed by atoms with van der Waals surface area (Å²) >= 11 is 0. The first kappa shape index (κ1) is 24.5. The number of benzene rings is 4. The summed E-state index contributed by atoms with van der Waals surface area (Å²) in [4.78, 5) is 25.4. The van der Waals surface area contributed by atoms with Crippen molar-refractivity contribution in [3.63, 3.8) is 0 Å². The van der Waals surface area contributed by atoms with Crippen LogP contribution in [0.15, 0.2) is 103 Å². The first-order valence-electron chi connectivity index (χ1n) is 11.9. The zero-order chi connectivity index (χ0) is 26.3. The fourth-order valence-electron chi connectivity index (χ4n) is 3.39. The molecule has 8 heteroatoms. The summed E-state index contributed by atoms with van der Waals surface area (Å²) in [6.45, 7) is 3.98. The van der Waals surface area contributed by atoms with Crippen molar-refractivity contribution < 1.29 is 19.0 Å². The minimum absolute atomic E-state index is 0.0137. The molecule has 0 spiro atoms. The fraction of sp³-hybridized carbons (Fsp3) is 0.0667. The van der Waals surface area contributed by atoms with Gasteiger partial charge in [-0.3, -0.25) is 4.79 Å². The highest BCUT2D eigenvalue weighted by Gasteiger charge is 2.14. The number of para-hydroxylation sites is 1. The molecule has 0 fully saturated rings. The molecule has 0 radical (unpaired) electrons. The summed E-state index contributed by atoms with van der Waals surface area (Å²) in [7, 11) is 0. The summed E-state index contributed by atoms with van der Waals surface area (Å²) < 4.78 is 17.6. The van der Waals surface area contributed by atoms with E-state index in [2.05, 4.69) is 20.3 Å². The average Bonchev–Trinajstić information content (AvgIpc) is 2.92. The predicted octanol–water partition coefficient (Wildman–Crippen LogP) is 7.12.